The Morgan fingerprint density at radius 2 is 1.12 bits per heavy atom. The fourth-order valence-electron chi connectivity index (χ4n) is 4.70. The lowest BCUT2D eigenvalue weighted by Gasteiger charge is -2.11. The van der Waals surface area contributed by atoms with E-state index in [2.05, 4.69) is 35.1 Å². The molecule has 0 radical (unpaired) electrons. The summed E-state index contributed by atoms with van der Waals surface area (Å²) in [5.41, 5.74) is 1.88. The fourth-order valence-corrected chi connectivity index (χ4v) is 4.70. The Kier molecular flexibility index (Phi) is 12.1. The van der Waals surface area contributed by atoms with Gasteiger partial charge in [0.25, 0.3) is 0 Å². The van der Waals surface area contributed by atoms with E-state index in [0.29, 0.717) is 0 Å². The van der Waals surface area contributed by atoms with Crippen molar-refractivity contribution in [3.05, 3.63) is 42.7 Å². The molecule has 0 aliphatic rings. The van der Waals surface area contributed by atoms with Crippen molar-refractivity contribution in [2.24, 2.45) is 0 Å². The van der Waals surface area contributed by atoms with Gasteiger partial charge in [-0.2, -0.15) is 0 Å². The molecule has 0 spiro atoms. The first-order valence-corrected chi connectivity index (χ1v) is 13.7. The SMILES string of the molecule is CCCCCCCCCCCCCCCCCCOc1cc2cccnc2c2ncccc12. The Morgan fingerprint density at radius 3 is 1.73 bits per heavy atom. The van der Waals surface area contributed by atoms with Crippen LogP contribution in [0.4, 0.5) is 0 Å². The second-order valence-corrected chi connectivity index (χ2v) is 9.50. The highest BCUT2D eigenvalue weighted by atomic mass is 16.5. The van der Waals surface area contributed by atoms with Crippen LogP contribution in [0.5, 0.6) is 5.75 Å². The minimum Gasteiger partial charge on any atom is -0.493 e. The number of hydrogen-bond donors (Lipinski definition) is 0. The maximum absolute atomic E-state index is 6.18. The van der Waals surface area contributed by atoms with E-state index < -0.39 is 0 Å². The Morgan fingerprint density at radius 1 is 0.606 bits per heavy atom. The molecule has 0 fully saturated rings. The first kappa shape index (κ1) is 25.5. The molecule has 3 nitrogen and oxygen atoms in total. The maximum Gasteiger partial charge on any atom is 0.129 e. The predicted molar refractivity (Wildman–Crippen MR) is 142 cm³/mol. The van der Waals surface area contributed by atoms with Crippen LogP contribution in [0, 0.1) is 0 Å². The molecule has 2 aromatic heterocycles. The van der Waals surface area contributed by atoms with Gasteiger partial charge in [-0.15, -0.1) is 0 Å². The van der Waals surface area contributed by atoms with Gasteiger partial charge in [-0.3, -0.25) is 9.97 Å². The summed E-state index contributed by atoms with van der Waals surface area (Å²) in [6, 6.07) is 10.2. The molecule has 0 saturated carbocycles. The summed E-state index contributed by atoms with van der Waals surface area (Å²) < 4.78 is 6.18. The summed E-state index contributed by atoms with van der Waals surface area (Å²) in [7, 11) is 0. The van der Waals surface area contributed by atoms with Gasteiger partial charge in [-0.25, -0.2) is 0 Å². The minimum absolute atomic E-state index is 0.772. The standard InChI is InChI=1S/C30H44N2O/c1-2-3-4-5-6-7-8-9-10-11-12-13-14-15-16-17-24-33-28-25-26-20-18-22-31-29(26)30-27(28)21-19-23-32-30/h18-23,25H,2-17,24H2,1H3. The van der Waals surface area contributed by atoms with Crippen molar-refractivity contribution in [2.45, 2.75) is 110 Å². The molecule has 0 aliphatic heterocycles. The highest BCUT2D eigenvalue weighted by Gasteiger charge is 2.09. The highest BCUT2D eigenvalue weighted by Crippen LogP contribution is 2.31. The second kappa shape index (κ2) is 15.6. The number of ether oxygens (including phenoxy) is 1. The molecule has 3 aromatic rings. The van der Waals surface area contributed by atoms with E-state index in [1.807, 2.05) is 24.5 Å². The lowest BCUT2D eigenvalue weighted by molar-refractivity contribution is 0.308. The number of unbranched alkanes of at least 4 members (excludes halogenated alkanes) is 15. The summed E-state index contributed by atoms with van der Waals surface area (Å²) >= 11 is 0. The van der Waals surface area contributed by atoms with Gasteiger partial charge in [-0.05, 0) is 30.7 Å². The summed E-state index contributed by atoms with van der Waals surface area (Å²) in [6.07, 6.45) is 25.9. The third-order valence-electron chi connectivity index (χ3n) is 6.68. The van der Waals surface area contributed by atoms with Crippen molar-refractivity contribution >= 4 is 21.8 Å². The highest BCUT2D eigenvalue weighted by molar-refractivity contribution is 6.05. The zero-order valence-corrected chi connectivity index (χ0v) is 20.9. The van der Waals surface area contributed by atoms with Crippen LogP contribution < -0.4 is 4.74 Å². The summed E-state index contributed by atoms with van der Waals surface area (Å²) in [6.45, 7) is 3.06. The molecular formula is C30H44N2O. The molecule has 180 valence electrons. The molecule has 0 N–H and O–H groups in total. The largest absolute Gasteiger partial charge is 0.493 e. The van der Waals surface area contributed by atoms with Crippen LogP contribution in [0.1, 0.15) is 110 Å². The average molecular weight is 449 g/mol. The number of fused-ring (bicyclic) bond motifs is 3. The van der Waals surface area contributed by atoms with Gasteiger partial charge in [0.1, 0.15) is 11.3 Å². The number of hydrogen-bond acceptors (Lipinski definition) is 3. The monoisotopic (exact) mass is 448 g/mol. The van der Waals surface area contributed by atoms with E-state index in [-0.39, 0.29) is 0 Å². The molecule has 0 aliphatic carbocycles. The van der Waals surface area contributed by atoms with Gasteiger partial charge in [0.15, 0.2) is 0 Å². The van der Waals surface area contributed by atoms with Crippen molar-refractivity contribution in [2.75, 3.05) is 6.61 Å². The van der Waals surface area contributed by atoms with E-state index in [1.165, 1.54) is 96.3 Å². The lowest BCUT2D eigenvalue weighted by Crippen LogP contribution is -1.99. The predicted octanol–water partition coefficient (Wildman–Crippen LogP) is 9.42. The molecule has 0 amide bonds. The first-order valence-electron chi connectivity index (χ1n) is 13.7. The summed E-state index contributed by atoms with van der Waals surface area (Å²) in [5, 5.41) is 2.14. The Balaban J connectivity index is 1.21. The van der Waals surface area contributed by atoms with Gasteiger partial charge in [-0.1, -0.05) is 109 Å². The number of nitrogens with zero attached hydrogens (tertiary/aromatic N) is 2. The third kappa shape index (κ3) is 8.95. The number of aromatic nitrogens is 2. The maximum atomic E-state index is 6.18. The van der Waals surface area contributed by atoms with Crippen molar-refractivity contribution in [3.63, 3.8) is 0 Å². The van der Waals surface area contributed by atoms with Gasteiger partial charge in [0.05, 0.1) is 12.1 Å². The van der Waals surface area contributed by atoms with Gasteiger partial charge in [0, 0.05) is 23.2 Å². The van der Waals surface area contributed by atoms with E-state index in [9.17, 15) is 0 Å². The van der Waals surface area contributed by atoms with Crippen LogP contribution >= 0.6 is 0 Å². The zero-order valence-electron chi connectivity index (χ0n) is 20.9. The van der Waals surface area contributed by atoms with Crippen molar-refractivity contribution < 1.29 is 4.74 Å². The molecule has 0 bridgehead atoms. The van der Waals surface area contributed by atoms with Crippen LogP contribution in [0.2, 0.25) is 0 Å². The topological polar surface area (TPSA) is 35.0 Å². The van der Waals surface area contributed by atoms with E-state index in [0.717, 1.165) is 40.6 Å². The second-order valence-electron chi connectivity index (χ2n) is 9.50. The van der Waals surface area contributed by atoms with Crippen molar-refractivity contribution in [3.8, 4) is 5.75 Å². The Hall–Kier alpha value is -2.16. The van der Waals surface area contributed by atoms with E-state index in [1.54, 1.807) is 0 Å². The van der Waals surface area contributed by atoms with E-state index >= 15 is 0 Å². The third-order valence-corrected chi connectivity index (χ3v) is 6.68. The number of rotatable bonds is 18. The quantitative estimate of drug-likeness (QED) is 0.143. The smallest absolute Gasteiger partial charge is 0.129 e. The van der Waals surface area contributed by atoms with E-state index in [4.69, 9.17) is 4.74 Å². The van der Waals surface area contributed by atoms with Crippen LogP contribution in [0.3, 0.4) is 0 Å². The Bertz CT molecular complexity index is 923. The van der Waals surface area contributed by atoms with Crippen LogP contribution in [-0.2, 0) is 0 Å². The normalized spacial score (nSPS) is 11.4. The molecule has 0 atom stereocenters. The first-order chi connectivity index (χ1) is 16.4. The average Bonchev–Trinajstić information content (AvgIpc) is 2.86. The van der Waals surface area contributed by atoms with Gasteiger partial charge >= 0.3 is 0 Å². The zero-order chi connectivity index (χ0) is 23.0. The molecule has 0 saturated heterocycles. The Labute approximate surface area is 201 Å². The number of pyridine rings is 2. The molecule has 1 aromatic carbocycles. The van der Waals surface area contributed by atoms with Crippen LogP contribution in [0.15, 0.2) is 42.7 Å². The van der Waals surface area contributed by atoms with Crippen molar-refractivity contribution in [1.82, 2.24) is 9.97 Å². The summed E-state index contributed by atoms with van der Waals surface area (Å²) in [5.74, 6) is 0.930. The van der Waals surface area contributed by atoms with Crippen LogP contribution in [-0.4, -0.2) is 16.6 Å². The molecule has 33 heavy (non-hydrogen) atoms. The molecule has 2 heterocycles. The van der Waals surface area contributed by atoms with Gasteiger partial charge < -0.3 is 4.74 Å². The minimum atomic E-state index is 0.772. The van der Waals surface area contributed by atoms with Crippen molar-refractivity contribution in [1.29, 1.82) is 0 Å². The summed E-state index contributed by atoms with van der Waals surface area (Å²) in [4.78, 5) is 9.07. The molecule has 3 heteroatoms. The molecular weight excluding hydrogens is 404 g/mol. The van der Waals surface area contributed by atoms with Crippen LogP contribution in [0.25, 0.3) is 21.8 Å². The molecule has 0 unspecified atom stereocenters. The van der Waals surface area contributed by atoms with Gasteiger partial charge in [0.2, 0.25) is 0 Å². The lowest BCUT2D eigenvalue weighted by atomic mass is 10.0. The fraction of sp³-hybridized carbons (Fsp3) is 0.600. The molecule has 3 rings (SSSR count). The number of benzene rings is 1.